The molecule has 0 aromatic heterocycles. The van der Waals surface area contributed by atoms with E-state index >= 15 is 0 Å². The Morgan fingerprint density at radius 2 is 1.88 bits per heavy atom. The zero-order valence-corrected chi connectivity index (χ0v) is 14.0. The number of hydrogen-bond donors (Lipinski definition) is 2. The minimum absolute atomic E-state index is 0.290. The summed E-state index contributed by atoms with van der Waals surface area (Å²) in [5.74, 6) is -1.33. The number of carbonyl (C=O) groups is 3. The van der Waals surface area contributed by atoms with E-state index in [0.717, 1.165) is 5.56 Å². The van der Waals surface area contributed by atoms with Gasteiger partial charge in [0.2, 0.25) is 0 Å². The van der Waals surface area contributed by atoms with Crippen molar-refractivity contribution in [1.82, 2.24) is 5.32 Å². The van der Waals surface area contributed by atoms with Gasteiger partial charge in [0, 0.05) is 13.0 Å². The highest BCUT2D eigenvalue weighted by atomic mass is 16.5. The van der Waals surface area contributed by atoms with Crippen LogP contribution in [0.1, 0.15) is 26.3 Å². The maximum absolute atomic E-state index is 12.6. The molecule has 0 radical (unpaired) electrons. The Kier molecular flexibility index (Phi) is 5.12. The van der Waals surface area contributed by atoms with Gasteiger partial charge in [0.1, 0.15) is 0 Å². The molecule has 132 valence electrons. The Labute approximate surface area is 150 Å². The molecule has 1 aliphatic rings. The van der Waals surface area contributed by atoms with E-state index in [1.807, 2.05) is 6.07 Å². The fourth-order valence-electron chi connectivity index (χ4n) is 2.74. The number of cyclic esters (lactones) is 1. The lowest BCUT2D eigenvalue weighted by atomic mass is 9.98. The number of anilines is 1. The van der Waals surface area contributed by atoms with E-state index in [1.165, 1.54) is 0 Å². The van der Waals surface area contributed by atoms with Crippen LogP contribution in [0.15, 0.2) is 61.2 Å². The molecule has 0 saturated carbocycles. The molecule has 6 nitrogen and oxygen atoms in total. The molecule has 1 aliphatic heterocycles. The van der Waals surface area contributed by atoms with Crippen LogP contribution >= 0.6 is 0 Å². The van der Waals surface area contributed by atoms with E-state index in [1.54, 1.807) is 48.5 Å². The molecule has 6 heteroatoms. The lowest BCUT2D eigenvalue weighted by molar-refractivity contribution is -0.125. The average molecular weight is 350 g/mol. The SMILES string of the molecule is C=CCNC(=O)c1ccccc1NC(=O)C1Cc2ccccc2C(=O)O1. The first-order valence-corrected chi connectivity index (χ1v) is 8.18. The number of esters is 1. The standard InChI is InChI=1S/C20H18N2O4/c1-2-11-21-18(23)15-9-5-6-10-16(15)22-19(24)17-12-13-7-3-4-8-14(13)20(25)26-17/h2-10,17H,1,11-12H2,(H,21,23)(H,22,24). The first kappa shape index (κ1) is 17.4. The van der Waals surface area contributed by atoms with Crippen LogP contribution in [0.5, 0.6) is 0 Å². The fourth-order valence-corrected chi connectivity index (χ4v) is 2.74. The second-order valence-corrected chi connectivity index (χ2v) is 5.79. The largest absolute Gasteiger partial charge is 0.448 e. The topological polar surface area (TPSA) is 84.5 Å². The maximum atomic E-state index is 12.6. The van der Waals surface area contributed by atoms with Gasteiger partial charge in [-0.25, -0.2) is 4.79 Å². The molecular weight excluding hydrogens is 332 g/mol. The summed E-state index contributed by atoms with van der Waals surface area (Å²) >= 11 is 0. The van der Waals surface area contributed by atoms with E-state index < -0.39 is 18.0 Å². The number of para-hydroxylation sites is 1. The molecule has 2 amide bonds. The van der Waals surface area contributed by atoms with Gasteiger partial charge in [-0.15, -0.1) is 6.58 Å². The normalized spacial score (nSPS) is 15.4. The molecule has 1 heterocycles. The first-order valence-electron chi connectivity index (χ1n) is 8.18. The molecule has 2 N–H and O–H groups in total. The molecule has 0 saturated heterocycles. The molecule has 0 bridgehead atoms. The van der Waals surface area contributed by atoms with Crippen molar-refractivity contribution < 1.29 is 19.1 Å². The van der Waals surface area contributed by atoms with Crippen LogP contribution in [0.25, 0.3) is 0 Å². The summed E-state index contributed by atoms with van der Waals surface area (Å²) in [6, 6.07) is 13.7. The van der Waals surface area contributed by atoms with Crippen molar-refractivity contribution in [2.75, 3.05) is 11.9 Å². The lowest BCUT2D eigenvalue weighted by Crippen LogP contribution is -2.38. The Morgan fingerprint density at radius 3 is 2.69 bits per heavy atom. The minimum Gasteiger partial charge on any atom is -0.448 e. The lowest BCUT2D eigenvalue weighted by Gasteiger charge is -2.24. The Bertz CT molecular complexity index is 876. The van der Waals surface area contributed by atoms with Crippen LogP contribution in [-0.4, -0.2) is 30.4 Å². The number of rotatable bonds is 5. The van der Waals surface area contributed by atoms with Gasteiger partial charge in [0.25, 0.3) is 11.8 Å². The van der Waals surface area contributed by atoms with E-state index in [9.17, 15) is 14.4 Å². The zero-order valence-electron chi connectivity index (χ0n) is 14.0. The summed E-state index contributed by atoms with van der Waals surface area (Å²) < 4.78 is 5.25. The van der Waals surface area contributed by atoms with Crippen molar-refractivity contribution in [1.29, 1.82) is 0 Å². The van der Waals surface area contributed by atoms with Gasteiger partial charge >= 0.3 is 5.97 Å². The van der Waals surface area contributed by atoms with Crippen LogP contribution in [0.3, 0.4) is 0 Å². The second kappa shape index (κ2) is 7.65. The van der Waals surface area contributed by atoms with Crippen LogP contribution in [-0.2, 0) is 16.0 Å². The van der Waals surface area contributed by atoms with Crippen molar-refractivity contribution in [3.63, 3.8) is 0 Å². The number of benzene rings is 2. The van der Waals surface area contributed by atoms with Crippen LogP contribution in [0.2, 0.25) is 0 Å². The van der Waals surface area contributed by atoms with Crippen molar-refractivity contribution in [3.8, 4) is 0 Å². The summed E-state index contributed by atoms with van der Waals surface area (Å²) in [5.41, 5.74) is 1.92. The number of carbonyl (C=O) groups excluding carboxylic acids is 3. The van der Waals surface area contributed by atoms with Crippen LogP contribution < -0.4 is 10.6 Å². The van der Waals surface area contributed by atoms with E-state index in [2.05, 4.69) is 17.2 Å². The molecule has 2 aromatic carbocycles. The molecule has 0 spiro atoms. The number of hydrogen-bond acceptors (Lipinski definition) is 4. The van der Waals surface area contributed by atoms with Crippen molar-refractivity contribution in [2.24, 2.45) is 0 Å². The van der Waals surface area contributed by atoms with Gasteiger partial charge in [-0.3, -0.25) is 9.59 Å². The Morgan fingerprint density at radius 1 is 1.15 bits per heavy atom. The fraction of sp³-hybridized carbons (Fsp3) is 0.150. The highest BCUT2D eigenvalue weighted by Crippen LogP contribution is 2.22. The molecule has 26 heavy (non-hydrogen) atoms. The Hall–Kier alpha value is -3.41. The molecule has 0 aliphatic carbocycles. The number of fused-ring (bicyclic) bond motifs is 1. The Balaban J connectivity index is 1.76. The van der Waals surface area contributed by atoms with Crippen molar-refractivity contribution >= 4 is 23.5 Å². The summed E-state index contributed by atoms with van der Waals surface area (Å²) in [7, 11) is 0. The van der Waals surface area contributed by atoms with Gasteiger partial charge in [-0.05, 0) is 23.8 Å². The zero-order chi connectivity index (χ0) is 18.5. The molecule has 2 aromatic rings. The molecule has 0 fully saturated rings. The van der Waals surface area contributed by atoms with Gasteiger partial charge in [0.15, 0.2) is 6.10 Å². The second-order valence-electron chi connectivity index (χ2n) is 5.79. The summed E-state index contributed by atoms with van der Waals surface area (Å²) in [6.07, 6.45) is 0.915. The van der Waals surface area contributed by atoms with E-state index in [0.29, 0.717) is 29.8 Å². The minimum atomic E-state index is -0.943. The third-order valence-corrected chi connectivity index (χ3v) is 4.02. The van der Waals surface area contributed by atoms with Crippen molar-refractivity contribution in [2.45, 2.75) is 12.5 Å². The highest BCUT2D eigenvalue weighted by molar-refractivity contribution is 6.05. The summed E-state index contributed by atoms with van der Waals surface area (Å²) in [4.78, 5) is 36.8. The van der Waals surface area contributed by atoms with Gasteiger partial charge in [-0.2, -0.15) is 0 Å². The number of amides is 2. The highest BCUT2D eigenvalue weighted by Gasteiger charge is 2.31. The van der Waals surface area contributed by atoms with Crippen LogP contribution in [0.4, 0.5) is 5.69 Å². The summed E-state index contributed by atoms with van der Waals surface area (Å²) in [5, 5.41) is 5.35. The summed E-state index contributed by atoms with van der Waals surface area (Å²) in [6.45, 7) is 3.87. The molecule has 1 unspecified atom stereocenters. The average Bonchev–Trinajstić information content (AvgIpc) is 2.66. The number of nitrogens with one attached hydrogen (secondary N) is 2. The third kappa shape index (κ3) is 3.64. The molecular formula is C20H18N2O4. The van der Waals surface area contributed by atoms with E-state index in [4.69, 9.17) is 4.74 Å². The monoisotopic (exact) mass is 350 g/mol. The molecule has 3 rings (SSSR count). The smallest absolute Gasteiger partial charge is 0.339 e. The first-order chi connectivity index (χ1) is 12.6. The maximum Gasteiger partial charge on any atom is 0.339 e. The van der Waals surface area contributed by atoms with Gasteiger partial charge in [-0.1, -0.05) is 36.4 Å². The van der Waals surface area contributed by atoms with E-state index in [-0.39, 0.29) is 5.91 Å². The quantitative estimate of drug-likeness (QED) is 0.640. The van der Waals surface area contributed by atoms with Crippen molar-refractivity contribution in [3.05, 3.63) is 77.9 Å². The number of ether oxygens (including phenoxy) is 1. The van der Waals surface area contributed by atoms with Gasteiger partial charge < -0.3 is 15.4 Å². The predicted octanol–water partition coefficient (Wildman–Crippen LogP) is 2.32. The van der Waals surface area contributed by atoms with Crippen LogP contribution in [0, 0.1) is 0 Å². The molecule has 1 atom stereocenters. The third-order valence-electron chi connectivity index (χ3n) is 4.02. The predicted molar refractivity (Wildman–Crippen MR) is 97.0 cm³/mol. The van der Waals surface area contributed by atoms with Gasteiger partial charge in [0.05, 0.1) is 16.8 Å².